The Labute approximate surface area is 152 Å². The van der Waals surface area contributed by atoms with Gasteiger partial charge in [0.1, 0.15) is 0 Å². The lowest BCUT2D eigenvalue weighted by Gasteiger charge is -2.12. The van der Waals surface area contributed by atoms with Gasteiger partial charge in [0, 0.05) is 0 Å². The molecule has 0 aliphatic carbocycles. The third-order valence-corrected chi connectivity index (χ3v) is 3.23. The summed E-state index contributed by atoms with van der Waals surface area (Å²) in [5.41, 5.74) is 5.03. The maximum Gasteiger partial charge on any atom is -0.0149 e. The van der Waals surface area contributed by atoms with Gasteiger partial charge in [-0.15, -0.1) is 0 Å². The highest BCUT2D eigenvalue weighted by Crippen LogP contribution is 2.17. The molecule has 0 unspecified atom stereocenters. The van der Waals surface area contributed by atoms with Crippen molar-refractivity contribution < 1.29 is 0 Å². The Balaban J connectivity index is -0.000000659. The minimum Gasteiger partial charge on any atom is -0.0990 e. The first kappa shape index (κ1) is 27.0. The van der Waals surface area contributed by atoms with Crippen LogP contribution in [0.5, 0.6) is 0 Å². The van der Waals surface area contributed by atoms with Gasteiger partial charge in [-0.1, -0.05) is 91.2 Å². The fourth-order valence-electron chi connectivity index (χ4n) is 2.25. The number of hydrogen-bond donors (Lipinski definition) is 0. The molecule has 1 aromatic rings. The second kappa shape index (κ2) is 17.5. The predicted molar refractivity (Wildman–Crippen MR) is 119 cm³/mol. The van der Waals surface area contributed by atoms with E-state index in [2.05, 4.69) is 51.3 Å². The van der Waals surface area contributed by atoms with Crippen LogP contribution in [0.1, 0.15) is 77.6 Å². The minimum absolute atomic E-state index is 1.09. The number of hydrogen-bond acceptors (Lipinski definition) is 0. The van der Waals surface area contributed by atoms with Gasteiger partial charge in [-0.2, -0.15) is 0 Å². The standard InChI is InChI=1S/C18H22.3C2H6/c1-7-10-16-13(4)14(5)17(11-8-2)18(12-9-3)15(16)6;3*1-2/h7-12H,1,4H2,2-3,5-6H3;3*1-2H3/b11-8-,12-9-,16-10+;;;. The lowest BCUT2D eigenvalue weighted by Crippen LogP contribution is -2.30. The van der Waals surface area contributed by atoms with Crippen LogP contribution in [-0.2, 0) is 0 Å². The van der Waals surface area contributed by atoms with Crippen LogP contribution in [0.3, 0.4) is 0 Å². The molecule has 0 amide bonds. The lowest BCUT2D eigenvalue weighted by molar-refractivity contribution is 1.27. The summed E-state index contributed by atoms with van der Waals surface area (Å²) >= 11 is 0. The van der Waals surface area contributed by atoms with Crippen molar-refractivity contribution in [3.05, 3.63) is 57.5 Å². The van der Waals surface area contributed by atoms with Crippen LogP contribution in [0.4, 0.5) is 0 Å². The molecule has 24 heavy (non-hydrogen) atoms. The monoisotopic (exact) mass is 328 g/mol. The molecule has 0 atom stereocenters. The fraction of sp³-hybridized carbons (Fsp3) is 0.417. The molecule has 0 spiro atoms. The van der Waals surface area contributed by atoms with E-state index in [0.717, 1.165) is 5.22 Å². The van der Waals surface area contributed by atoms with Crippen molar-refractivity contribution in [2.24, 2.45) is 0 Å². The number of allylic oxidation sites excluding steroid dienone is 3. The topological polar surface area (TPSA) is 0 Å². The first-order valence-electron chi connectivity index (χ1n) is 9.28. The van der Waals surface area contributed by atoms with E-state index in [-0.39, 0.29) is 0 Å². The Morgan fingerprint density at radius 3 is 1.42 bits per heavy atom. The van der Waals surface area contributed by atoms with E-state index < -0.39 is 0 Å². The third-order valence-electron chi connectivity index (χ3n) is 3.23. The fourth-order valence-corrected chi connectivity index (χ4v) is 2.25. The SMILES string of the molecule is C=C/C=c1/c(C)c(/C=C\C)c(/C=C\C)c(C)c1=C.CC.CC.CC. The van der Waals surface area contributed by atoms with Crippen LogP contribution in [0, 0.1) is 13.8 Å². The molecule has 1 rings (SSSR count). The average Bonchev–Trinajstić information content (AvgIpc) is 2.65. The van der Waals surface area contributed by atoms with Gasteiger partial charge in [-0.25, -0.2) is 0 Å². The Morgan fingerprint density at radius 2 is 1.08 bits per heavy atom. The molecule has 0 N–H and O–H groups in total. The Morgan fingerprint density at radius 1 is 0.708 bits per heavy atom. The molecular weight excluding hydrogens is 288 g/mol. The van der Waals surface area contributed by atoms with Gasteiger partial charge in [0.05, 0.1) is 0 Å². The summed E-state index contributed by atoms with van der Waals surface area (Å²) in [4.78, 5) is 0. The second-order valence-corrected chi connectivity index (χ2v) is 4.37. The van der Waals surface area contributed by atoms with Crippen LogP contribution in [-0.4, -0.2) is 0 Å². The zero-order chi connectivity index (χ0) is 19.7. The molecule has 0 aliphatic heterocycles. The molecule has 0 saturated carbocycles. The van der Waals surface area contributed by atoms with E-state index in [0.29, 0.717) is 0 Å². The summed E-state index contributed by atoms with van der Waals surface area (Å²) in [6.45, 7) is 28.4. The van der Waals surface area contributed by atoms with Gasteiger partial charge < -0.3 is 0 Å². The van der Waals surface area contributed by atoms with Crippen molar-refractivity contribution in [2.75, 3.05) is 0 Å². The second-order valence-electron chi connectivity index (χ2n) is 4.37. The average molecular weight is 329 g/mol. The largest absolute Gasteiger partial charge is 0.0990 e. The van der Waals surface area contributed by atoms with E-state index >= 15 is 0 Å². The number of rotatable bonds is 3. The van der Waals surface area contributed by atoms with Gasteiger partial charge in [0.25, 0.3) is 0 Å². The Hall–Kier alpha value is -1.82. The van der Waals surface area contributed by atoms with Crippen molar-refractivity contribution in [3.63, 3.8) is 0 Å². The van der Waals surface area contributed by atoms with E-state index in [4.69, 9.17) is 0 Å². The quantitative estimate of drug-likeness (QED) is 0.570. The summed E-state index contributed by atoms with van der Waals surface area (Å²) in [7, 11) is 0. The van der Waals surface area contributed by atoms with Crippen LogP contribution in [0.25, 0.3) is 24.8 Å². The van der Waals surface area contributed by atoms with Gasteiger partial charge in [-0.05, 0) is 60.4 Å². The van der Waals surface area contributed by atoms with Gasteiger partial charge in [0.15, 0.2) is 0 Å². The van der Waals surface area contributed by atoms with E-state index in [1.807, 2.05) is 67.5 Å². The van der Waals surface area contributed by atoms with Crippen LogP contribution in [0.2, 0.25) is 0 Å². The van der Waals surface area contributed by atoms with Crippen molar-refractivity contribution in [1.29, 1.82) is 0 Å². The normalized spacial score (nSPS) is 10.3. The number of benzene rings is 1. The molecule has 0 heterocycles. The third kappa shape index (κ3) is 7.64. The highest BCUT2D eigenvalue weighted by Gasteiger charge is 2.07. The molecule has 0 heteroatoms. The van der Waals surface area contributed by atoms with Crippen LogP contribution < -0.4 is 10.4 Å². The van der Waals surface area contributed by atoms with Crippen LogP contribution >= 0.6 is 0 Å². The highest BCUT2D eigenvalue weighted by molar-refractivity contribution is 5.71. The van der Waals surface area contributed by atoms with E-state index in [9.17, 15) is 0 Å². The summed E-state index contributed by atoms with van der Waals surface area (Å²) in [6, 6.07) is 0. The van der Waals surface area contributed by atoms with Crippen molar-refractivity contribution in [1.82, 2.24) is 0 Å². The Kier molecular flexibility index (Phi) is 19.8. The first-order valence-corrected chi connectivity index (χ1v) is 9.28. The molecule has 0 nitrogen and oxygen atoms in total. The predicted octanol–water partition coefficient (Wildman–Crippen LogP) is 6.83. The molecule has 0 radical (unpaired) electrons. The zero-order valence-corrected chi connectivity index (χ0v) is 17.9. The summed E-state index contributed by atoms with van der Waals surface area (Å²) in [5.74, 6) is 0. The molecule has 0 bridgehead atoms. The van der Waals surface area contributed by atoms with Gasteiger partial charge in [-0.3, -0.25) is 0 Å². The maximum absolute atomic E-state index is 4.21. The summed E-state index contributed by atoms with van der Waals surface area (Å²) in [6.07, 6.45) is 12.3. The summed E-state index contributed by atoms with van der Waals surface area (Å²) in [5, 5.41) is 2.28. The molecular formula is C24H40. The zero-order valence-electron chi connectivity index (χ0n) is 17.9. The molecule has 0 fully saturated rings. The molecule has 1 aromatic carbocycles. The molecule has 136 valence electrons. The molecule has 0 aromatic heterocycles. The Bertz CT molecular complexity index is 611. The van der Waals surface area contributed by atoms with Gasteiger partial charge in [0.2, 0.25) is 0 Å². The first-order chi connectivity index (χ1) is 11.6. The molecule has 0 saturated heterocycles. The van der Waals surface area contributed by atoms with Gasteiger partial charge >= 0.3 is 0 Å². The van der Waals surface area contributed by atoms with E-state index in [1.165, 1.54) is 27.5 Å². The van der Waals surface area contributed by atoms with E-state index in [1.54, 1.807) is 0 Å². The molecule has 0 aliphatic rings. The van der Waals surface area contributed by atoms with Crippen molar-refractivity contribution in [2.45, 2.75) is 69.2 Å². The van der Waals surface area contributed by atoms with Crippen molar-refractivity contribution >= 4 is 24.8 Å². The van der Waals surface area contributed by atoms with Crippen LogP contribution in [0.15, 0.2) is 24.8 Å². The van der Waals surface area contributed by atoms with Crippen molar-refractivity contribution in [3.8, 4) is 0 Å². The maximum atomic E-state index is 4.21. The smallest absolute Gasteiger partial charge is 0.0149 e. The lowest BCUT2D eigenvalue weighted by atomic mass is 9.92. The highest BCUT2D eigenvalue weighted by atomic mass is 14.1. The summed E-state index contributed by atoms with van der Waals surface area (Å²) < 4.78 is 0. The minimum atomic E-state index is 1.09.